The average molecular weight is 623 g/mol. The molecule has 1 aliphatic carbocycles. The second kappa shape index (κ2) is 11.0. The normalized spacial score (nSPS) is 11.7. The van der Waals surface area contributed by atoms with Gasteiger partial charge in [-0.05, 0) is 97.1 Å². The van der Waals surface area contributed by atoms with Gasteiger partial charge in [-0.15, -0.1) is 0 Å². The molecule has 2 heteroatoms. The van der Waals surface area contributed by atoms with Gasteiger partial charge in [-0.1, -0.05) is 140 Å². The summed E-state index contributed by atoms with van der Waals surface area (Å²) < 4.78 is 0. The Morgan fingerprint density at radius 2 is 0.980 bits per heavy atom. The molecule has 10 rings (SSSR count). The van der Waals surface area contributed by atoms with Crippen molar-refractivity contribution in [2.45, 2.75) is 0 Å². The van der Waals surface area contributed by atoms with E-state index in [1.807, 2.05) is 12.3 Å². The second-order valence-electron chi connectivity index (χ2n) is 12.7. The summed E-state index contributed by atoms with van der Waals surface area (Å²) in [6, 6.07) is 63.7. The lowest BCUT2D eigenvalue weighted by atomic mass is 9.82. The second-order valence-corrected chi connectivity index (χ2v) is 12.7. The van der Waals surface area contributed by atoms with Crippen LogP contribution < -0.4 is 4.90 Å². The highest BCUT2D eigenvalue weighted by molar-refractivity contribution is 6.29. The predicted molar refractivity (Wildman–Crippen MR) is 207 cm³/mol. The van der Waals surface area contributed by atoms with E-state index in [0.717, 1.165) is 28.0 Å². The Kier molecular flexibility index (Phi) is 6.22. The molecule has 0 saturated carbocycles. The summed E-state index contributed by atoms with van der Waals surface area (Å²) in [5, 5.41) is 6.18. The third-order valence-corrected chi connectivity index (χ3v) is 10.00. The zero-order chi connectivity index (χ0) is 32.3. The van der Waals surface area contributed by atoms with Crippen LogP contribution in [0.15, 0.2) is 182 Å². The Morgan fingerprint density at radius 1 is 0.388 bits per heavy atom. The number of hydrogen-bond acceptors (Lipinski definition) is 2. The Balaban J connectivity index is 1.32. The van der Waals surface area contributed by atoms with Gasteiger partial charge < -0.3 is 4.90 Å². The van der Waals surface area contributed by atoms with Crippen LogP contribution >= 0.6 is 0 Å². The summed E-state index contributed by atoms with van der Waals surface area (Å²) in [5.74, 6) is 0. The number of para-hydroxylation sites is 1. The zero-order valence-electron chi connectivity index (χ0n) is 26.7. The summed E-state index contributed by atoms with van der Waals surface area (Å²) >= 11 is 0. The maximum atomic E-state index is 4.72. The molecule has 0 fully saturated rings. The number of anilines is 3. The van der Waals surface area contributed by atoms with Gasteiger partial charge >= 0.3 is 0 Å². The van der Waals surface area contributed by atoms with Gasteiger partial charge in [0.1, 0.15) is 0 Å². The molecule has 0 N–H and O–H groups in total. The van der Waals surface area contributed by atoms with Crippen molar-refractivity contribution >= 4 is 49.5 Å². The number of aromatic nitrogens is 1. The summed E-state index contributed by atoms with van der Waals surface area (Å²) in [6.07, 6.45) is 1.87. The molecule has 2 nitrogen and oxygen atoms in total. The molecular weight excluding hydrogens is 593 g/mol. The maximum Gasteiger partial charge on any atom is 0.0722 e. The Labute approximate surface area is 285 Å². The average Bonchev–Trinajstić information content (AvgIpc) is 3.50. The Morgan fingerprint density at radius 3 is 1.65 bits per heavy atom. The van der Waals surface area contributed by atoms with E-state index in [4.69, 9.17) is 4.98 Å². The van der Waals surface area contributed by atoms with Crippen molar-refractivity contribution in [2.75, 3.05) is 4.90 Å². The molecule has 8 aromatic carbocycles. The van der Waals surface area contributed by atoms with Gasteiger partial charge in [0.25, 0.3) is 0 Å². The molecule has 0 aliphatic heterocycles. The molecule has 0 amide bonds. The molecule has 0 bridgehead atoms. The molecule has 0 atom stereocenters. The van der Waals surface area contributed by atoms with E-state index in [1.54, 1.807) is 0 Å². The first kappa shape index (κ1) is 27.6. The highest BCUT2D eigenvalue weighted by Crippen LogP contribution is 2.59. The Hall–Kier alpha value is -6.51. The van der Waals surface area contributed by atoms with Crippen molar-refractivity contribution in [3.63, 3.8) is 0 Å². The maximum absolute atomic E-state index is 4.72. The van der Waals surface area contributed by atoms with Crippen molar-refractivity contribution in [1.29, 1.82) is 0 Å². The van der Waals surface area contributed by atoms with Gasteiger partial charge in [0.05, 0.1) is 11.2 Å². The molecule has 1 aliphatic rings. The van der Waals surface area contributed by atoms with Crippen LogP contribution in [0.5, 0.6) is 0 Å². The van der Waals surface area contributed by atoms with Crippen LogP contribution in [0.3, 0.4) is 0 Å². The monoisotopic (exact) mass is 622 g/mol. The molecule has 0 radical (unpaired) electrons. The van der Waals surface area contributed by atoms with Crippen LogP contribution in [0.4, 0.5) is 17.1 Å². The number of pyridine rings is 1. The van der Waals surface area contributed by atoms with E-state index >= 15 is 0 Å². The molecule has 49 heavy (non-hydrogen) atoms. The predicted octanol–water partition coefficient (Wildman–Crippen LogP) is 13.0. The summed E-state index contributed by atoms with van der Waals surface area (Å²) in [5.41, 5.74) is 14.5. The molecule has 1 heterocycles. The molecule has 228 valence electrons. The van der Waals surface area contributed by atoms with Crippen molar-refractivity contribution in [3.8, 4) is 44.5 Å². The molecular formula is C47H30N2. The van der Waals surface area contributed by atoms with Crippen LogP contribution in [0, 0.1) is 0 Å². The number of benzene rings is 8. The first-order chi connectivity index (χ1) is 24.3. The fourth-order valence-electron chi connectivity index (χ4n) is 7.99. The van der Waals surface area contributed by atoms with Gasteiger partial charge in [-0.3, -0.25) is 4.98 Å². The number of hydrogen-bond donors (Lipinski definition) is 0. The molecule has 0 unspecified atom stereocenters. The van der Waals surface area contributed by atoms with Crippen LogP contribution in [0.25, 0.3) is 77.0 Å². The fraction of sp³-hybridized carbons (Fsp3) is 0. The van der Waals surface area contributed by atoms with E-state index in [-0.39, 0.29) is 0 Å². The standard InChI is InChI=1S/C47H30N2/c1-4-14-32(15-5-1)43-36-21-10-11-22-37(36)44(33-16-6-2-7-17-33)47-40-27-28-42(38-23-12-24-39(45(38)40)46(43)47)49(34-19-8-3-9-20-34)35-26-25-31-18-13-29-48-41(31)30-35/h1-30H. The SMILES string of the molecule is c1ccc(-c2c3c(c(-c4ccccc4)c4ccccc24)-c2ccc(N(c4ccccc4)c4ccc5cccnc5c4)c4cccc-3c24)cc1. The minimum absolute atomic E-state index is 0.978. The Bertz CT molecular complexity index is 2610. The quantitative estimate of drug-likeness (QED) is 0.190. The molecule has 0 spiro atoms. The summed E-state index contributed by atoms with van der Waals surface area (Å²) in [4.78, 5) is 7.10. The third-order valence-electron chi connectivity index (χ3n) is 10.00. The van der Waals surface area contributed by atoms with Gasteiger partial charge in [-0.2, -0.15) is 0 Å². The van der Waals surface area contributed by atoms with E-state index in [1.165, 1.54) is 66.1 Å². The lowest BCUT2D eigenvalue weighted by Crippen LogP contribution is -2.10. The van der Waals surface area contributed by atoms with Crippen LogP contribution in [0.2, 0.25) is 0 Å². The fourth-order valence-corrected chi connectivity index (χ4v) is 7.99. The highest BCUT2D eigenvalue weighted by atomic mass is 15.1. The van der Waals surface area contributed by atoms with Gasteiger partial charge in [0.15, 0.2) is 0 Å². The van der Waals surface area contributed by atoms with Crippen LogP contribution in [-0.4, -0.2) is 4.98 Å². The van der Waals surface area contributed by atoms with E-state index in [9.17, 15) is 0 Å². The molecule has 1 aromatic heterocycles. The summed E-state index contributed by atoms with van der Waals surface area (Å²) in [6.45, 7) is 0. The third kappa shape index (κ3) is 4.24. The van der Waals surface area contributed by atoms with Crippen molar-refractivity contribution in [3.05, 3.63) is 182 Å². The lowest BCUT2D eigenvalue weighted by molar-refractivity contribution is 1.30. The van der Waals surface area contributed by atoms with Gasteiger partial charge in [-0.25, -0.2) is 0 Å². The lowest BCUT2D eigenvalue weighted by Gasteiger charge is -2.27. The van der Waals surface area contributed by atoms with E-state index in [0.29, 0.717) is 0 Å². The van der Waals surface area contributed by atoms with Crippen LogP contribution in [-0.2, 0) is 0 Å². The van der Waals surface area contributed by atoms with Crippen molar-refractivity contribution < 1.29 is 0 Å². The van der Waals surface area contributed by atoms with E-state index < -0.39 is 0 Å². The van der Waals surface area contributed by atoms with Crippen molar-refractivity contribution in [1.82, 2.24) is 4.98 Å². The molecule has 9 aromatic rings. The number of nitrogens with zero attached hydrogens (tertiary/aromatic N) is 2. The zero-order valence-corrected chi connectivity index (χ0v) is 26.7. The van der Waals surface area contributed by atoms with Crippen molar-refractivity contribution in [2.24, 2.45) is 0 Å². The minimum atomic E-state index is 0.978. The van der Waals surface area contributed by atoms with Gasteiger partial charge in [0.2, 0.25) is 0 Å². The largest absolute Gasteiger partial charge is 0.310 e. The van der Waals surface area contributed by atoms with Gasteiger partial charge in [0, 0.05) is 28.3 Å². The summed E-state index contributed by atoms with van der Waals surface area (Å²) in [7, 11) is 0. The highest BCUT2D eigenvalue weighted by Gasteiger charge is 2.31. The smallest absolute Gasteiger partial charge is 0.0722 e. The van der Waals surface area contributed by atoms with E-state index in [2.05, 4.69) is 175 Å². The topological polar surface area (TPSA) is 16.1 Å². The minimum Gasteiger partial charge on any atom is -0.310 e. The first-order valence-corrected chi connectivity index (χ1v) is 16.8. The molecule has 0 saturated heterocycles. The first-order valence-electron chi connectivity index (χ1n) is 16.8. The number of rotatable bonds is 5. The number of fused-ring (bicyclic) bond motifs is 5. The van der Waals surface area contributed by atoms with Crippen LogP contribution in [0.1, 0.15) is 0 Å².